The maximum Gasteiger partial charge on any atom is 0.119 e. The highest BCUT2D eigenvalue weighted by molar-refractivity contribution is 5.27. The molecule has 0 aliphatic heterocycles. The third kappa shape index (κ3) is 5.49. The Balaban J connectivity index is 2.26. The molecule has 4 heteroatoms. The van der Waals surface area contributed by atoms with Crippen LogP contribution in [0.25, 0.3) is 0 Å². The van der Waals surface area contributed by atoms with Crippen molar-refractivity contribution in [2.45, 2.75) is 32.4 Å². The molecule has 2 atom stereocenters. The van der Waals surface area contributed by atoms with Gasteiger partial charge in [0.15, 0.2) is 0 Å². The van der Waals surface area contributed by atoms with E-state index in [2.05, 4.69) is 12.2 Å². The number of aryl methyl sites for hydroxylation is 1. The summed E-state index contributed by atoms with van der Waals surface area (Å²) in [5, 5.41) is 21.5. The number of aliphatic hydroxyl groups excluding tert-OH is 2. The van der Waals surface area contributed by atoms with Gasteiger partial charge in [0.05, 0.1) is 6.61 Å². The molecule has 102 valence electrons. The first-order valence-electron chi connectivity index (χ1n) is 6.39. The number of ether oxygens (including phenoxy) is 1. The molecule has 0 amide bonds. The summed E-state index contributed by atoms with van der Waals surface area (Å²) in [7, 11) is 0. The van der Waals surface area contributed by atoms with Gasteiger partial charge in [-0.3, -0.25) is 0 Å². The zero-order valence-electron chi connectivity index (χ0n) is 11.1. The van der Waals surface area contributed by atoms with E-state index < -0.39 is 6.10 Å². The van der Waals surface area contributed by atoms with Gasteiger partial charge in [0, 0.05) is 12.6 Å². The van der Waals surface area contributed by atoms with E-state index in [0.29, 0.717) is 6.54 Å². The first kappa shape index (κ1) is 15.0. The second-order valence-corrected chi connectivity index (χ2v) is 4.45. The second-order valence-electron chi connectivity index (χ2n) is 4.45. The molecule has 0 bridgehead atoms. The second kappa shape index (κ2) is 8.08. The lowest BCUT2D eigenvalue weighted by Gasteiger charge is -2.16. The summed E-state index contributed by atoms with van der Waals surface area (Å²) in [5.74, 6) is 0.765. The summed E-state index contributed by atoms with van der Waals surface area (Å²) in [5.41, 5.74) is 1.27. The van der Waals surface area contributed by atoms with E-state index in [4.69, 9.17) is 9.84 Å². The first-order valence-corrected chi connectivity index (χ1v) is 6.39. The molecule has 0 aromatic heterocycles. The van der Waals surface area contributed by atoms with Crippen LogP contribution in [0.15, 0.2) is 24.3 Å². The Morgan fingerprint density at radius 1 is 1.28 bits per heavy atom. The predicted octanol–water partition coefficient (Wildman–Crippen LogP) is 0.959. The Morgan fingerprint density at radius 2 is 1.94 bits per heavy atom. The van der Waals surface area contributed by atoms with Crippen molar-refractivity contribution in [2.24, 2.45) is 0 Å². The highest BCUT2D eigenvalue weighted by Crippen LogP contribution is 2.12. The first-order chi connectivity index (χ1) is 8.65. The molecule has 18 heavy (non-hydrogen) atoms. The Kier molecular flexibility index (Phi) is 6.72. The van der Waals surface area contributed by atoms with Crippen LogP contribution < -0.4 is 10.1 Å². The average Bonchev–Trinajstić information content (AvgIpc) is 2.42. The Labute approximate surface area is 109 Å². The molecule has 1 rings (SSSR count). The molecule has 0 heterocycles. The number of hydrogen-bond donors (Lipinski definition) is 3. The highest BCUT2D eigenvalue weighted by Gasteiger charge is 2.07. The molecule has 0 spiro atoms. The number of nitrogens with one attached hydrogen (secondary N) is 1. The summed E-state index contributed by atoms with van der Waals surface area (Å²) in [6.45, 7) is 4.68. The van der Waals surface area contributed by atoms with Crippen molar-refractivity contribution >= 4 is 0 Å². The minimum atomic E-state index is -0.579. The van der Waals surface area contributed by atoms with E-state index in [1.807, 2.05) is 31.2 Å². The van der Waals surface area contributed by atoms with Crippen LogP contribution in [0.2, 0.25) is 0 Å². The van der Waals surface area contributed by atoms with E-state index >= 15 is 0 Å². The van der Waals surface area contributed by atoms with Gasteiger partial charge in [-0.25, -0.2) is 0 Å². The quantitative estimate of drug-likeness (QED) is 0.646. The van der Waals surface area contributed by atoms with Crippen LogP contribution in [0.4, 0.5) is 0 Å². The summed E-state index contributed by atoms with van der Waals surface area (Å²) >= 11 is 0. The summed E-state index contributed by atoms with van der Waals surface area (Å²) in [4.78, 5) is 0. The Morgan fingerprint density at radius 3 is 2.50 bits per heavy atom. The fraction of sp³-hybridized carbons (Fsp3) is 0.571. The van der Waals surface area contributed by atoms with Gasteiger partial charge in [0.1, 0.15) is 18.5 Å². The largest absolute Gasteiger partial charge is 0.491 e. The van der Waals surface area contributed by atoms with E-state index in [0.717, 1.165) is 12.2 Å². The molecule has 1 aromatic carbocycles. The van der Waals surface area contributed by atoms with Gasteiger partial charge in [0.2, 0.25) is 0 Å². The lowest BCUT2D eigenvalue weighted by atomic mass is 10.2. The third-order valence-electron chi connectivity index (χ3n) is 2.75. The topological polar surface area (TPSA) is 61.7 Å². The van der Waals surface area contributed by atoms with Gasteiger partial charge in [-0.15, -0.1) is 0 Å². The molecule has 0 aliphatic rings. The van der Waals surface area contributed by atoms with Gasteiger partial charge >= 0.3 is 0 Å². The highest BCUT2D eigenvalue weighted by atomic mass is 16.5. The number of hydrogen-bond acceptors (Lipinski definition) is 4. The van der Waals surface area contributed by atoms with Crippen molar-refractivity contribution in [2.75, 3.05) is 19.8 Å². The van der Waals surface area contributed by atoms with Crippen LogP contribution in [0.1, 0.15) is 19.4 Å². The maximum atomic E-state index is 9.69. The van der Waals surface area contributed by atoms with Crippen molar-refractivity contribution in [3.63, 3.8) is 0 Å². The minimum absolute atomic E-state index is 0.0107. The van der Waals surface area contributed by atoms with Crippen molar-refractivity contribution in [3.8, 4) is 5.75 Å². The van der Waals surface area contributed by atoms with Crippen molar-refractivity contribution in [1.29, 1.82) is 0 Å². The van der Waals surface area contributed by atoms with Gasteiger partial charge in [-0.2, -0.15) is 0 Å². The van der Waals surface area contributed by atoms with Crippen LogP contribution in [-0.4, -0.2) is 42.1 Å². The molecule has 3 N–H and O–H groups in total. The molecule has 0 fully saturated rings. The molecule has 2 unspecified atom stereocenters. The molecule has 4 nitrogen and oxygen atoms in total. The SMILES string of the molecule is CCc1ccc(OCC(O)CNC(C)CO)cc1. The monoisotopic (exact) mass is 253 g/mol. The van der Waals surface area contributed by atoms with Crippen molar-refractivity contribution < 1.29 is 14.9 Å². The zero-order valence-corrected chi connectivity index (χ0v) is 11.1. The summed E-state index contributed by atoms with van der Waals surface area (Å²) < 4.78 is 5.48. The number of benzene rings is 1. The van der Waals surface area contributed by atoms with E-state index in [1.54, 1.807) is 0 Å². The van der Waals surface area contributed by atoms with Crippen LogP contribution in [-0.2, 0) is 6.42 Å². The molecule has 0 aliphatic carbocycles. The molecule has 1 aromatic rings. The fourth-order valence-corrected chi connectivity index (χ4v) is 1.47. The van der Waals surface area contributed by atoms with E-state index in [1.165, 1.54) is 5.56 Å². The minimum Gasteiger partial charge on any atom is -0.491 e. The van der Waals surface area contributed by atoms with Gasteiger partial charge in [0.25, 0.3) is 0 Å². The summed E-state index contributed by atoms with van der Waals surface area (Å²) in [6, 6.07) is 7.86. The van der Waals surface area contributed by atoms with Crippen LogP contribution in [0, 0.1) is 0 Å². The third-order valence-corrected chi connectivity index (χ3v) is 2.75. The fourth-order valence-electron chi connectivity index (χ4n) is 1.47. The van der Waals surface area contributed by atoms with Crippen LogP contribution in [0.5, 0.6) is 5.75 Å². The van der Waals surface area contributed by atoms with Crippen LogP contribution >= 0.6 is 0 Å². The van der Waals surface area contributed by atoms with Gasteiger partial charge in [-0.05, 0) is 31.0 Å². The van der Waals surface area contributed by atoms with Gasteiger partial charge < -0.3 is 20.3 Å². The zero-order chi connectivity index (χ0) is 13.4. The summed E-state index contributed by atoms with van der Waals surface area (Å²) in [6.07, 6.45) is 0.427. The van der Waals surface area contributed by atoms with E-state index in [-0.39, 0.29) is 19.3 Å². The predicted molar refractivity (Wildman–Crippen MR) is 71.9 cm³/mol. The normalized spacial score (nSPS) is 14.2. The molecule has 0 saturated heterocycles. The molecule has 0 saturated carbocycles. The Hall–Kier alpha value is -1.10. The van der Waals surface area contributed by atoms with Gasteiger partial charge in [-0.1, -0.05) is 19.1 Å². The molecular formula is C14H23NO3. The standard InChI is InChI=1S/C14H23NO3/c1-3-12-4-6-14(7-5-12)18-10-13(17)8-15-11(2)9-16/h4-7,11,13,15-17H,3,8-10H2,1-2H3. The molecular weight excluding hydrogens is 230 g/mol. The molecule has 0 radical (unpaired) electrons. The lowest BCUT2D eigenvalue weighted by molar-refractivity contribution is 0.101. The Bertz CT molecular complexity index is 326. The van der Waals surface area contributed by atoms with Crippen LogP contribution in [0.3, 0.4) is 0 Å². The number of aliphatic hydroxyl groups is 2. The van der Waals surface area contributed by atoms with Crippen molar-refractivity contribution in [3.05, 3.63) is 29.8 Å². The van der Waals surface area contributed by atoms with Crippen molar-refractivity contribution in [1.82, 2.24) is 5.32 Å². The maximum absolute atomic E-state index is 9.69. The smallest absolute Gasteiger partial charge is 0.119 e. The van der Waals surface area contributed by atoms with E-state index in [9.17, 15) is 5.11 Å². The lowest BCUT2D eigenvalue weighted by Crippen LogP contribution is -2.38. The number of rotatable bonds is 8. The average molecular weight is 253 g/mol.